The smallest absolute Gasteiger partial charge is 0.230 e. The lowest BCUT2D eigenvalue weighted by Crippen LogP contribution is -2.25. The van der Waals surface area contributed by atoms with E-state index in [-0.39, 0.29) is 5.91 Å². The number of amides is 1. The Bertz CT molecular complexity index is 802. The molecule has 0 saturated heterocycles. The van der Waals surface area contributed by atoms with E-state index < -0.39 is 0 Å². The fraction of sp³-hybridized carbons (Fsp3) is 0.316. The van der Waals surface area contributed by atoms with E-state index in [2.05, 4.69) is 5.32 Å². The van der Waals surface area contributed by atoms with Crippen molar-refractivity contribution in [3.63, 3.8) is 0 Å². The molecule has 0 bridgehead atoms. The standard InChI is InChI=1S/C19H21Cl2NO4S/c1-24-16-7-5-13(18(25-2)19(16)26-3)9-22-17(23)11-27-10-12-4-6-14(20)15(21)8-12/h4-8H,9-11H2,1-3H3,(H,22,23). The number of benzene rings is 2. The molecule has 0 saturated carbocycles. The molecule has 0 spiro atoms. The fourth-order valence-electron chi connectivity index (χ4n) is 2.44. The molecule has 146 valence electrons. The molecule has 1 N–H and O–H groups in total. The van der Waals surface area contributed by atoms with Crippen molar-refractivity contribution in [2.75, 3.05) is 27.1 Å². The van der Waals surface area contributed by atoms with E-state index in [1.165, 1.54) is 11.8 Å². The first-order valence-electron chi connectivity index (χ1n) is 8.06. The van der Waals surface area contributed by atoms with Crippen molar-refractivity contribution < 1.29 is 19.0 Å². The predicted molar refractivity (Wildman–Crippen MR) is 111 cm³/mol. The van der Waals surface area contributed by atoms with Crippen LogP contribution in [0.1, 0.15) is 11.1 Å². The summed E-state index contributed by atoms with van der Waals surface area (Å²) in [5.41, 5.74) is 1.82. The van der Waals surface area contributed by atoms with Crippen LogP contribution in [0.2, 0.25) is 10.0 Å². The summed E-state index contributed by atoms with van der Waals surface area (Å²) in [6, 6.07) is 9.07. The lowest BCUT2D eigenvalue weighted by atomic mass is 10.1. The predicted octanol–water partition coefficient (Wildman–Crippen LogP) is 4.57. The van der Waals surface area contributed by atoms with Gasteiger partial charge in [-0.2, -0.15) is 0 Å². The van der Waals surface area contributed by atoms with Gasteiger partial charge >= 0.3 is 0 Å². The number of hydrogen-bond donors (Lipinski definition) is 1. The number of carbonyl (C=O) groups excluding carboxylic acids is 1. The highest BCUT2D eigenvalue weighted by Gasteiger charge is 2.16. The number of rotatable bonds is 9. The van der Waals surface area contributed by atoms with Gasteiger partial charge in [0.05, 0.1) is 37.1 Å². The molecule has 5 nitrogen and oxygen atoms in total. The van der Waals surface area contributed by atoms with Crippen LogP contribution in [0, 0.1) is 0 Å². The van der Waals surface area contributed by atoms with E-state index in [1.54, 1.807) is 33.5 Å². The number of halogens is 2. The third-order valence-corrected chi connectivity index (χ3v) is 5.49. The number of hydrogen-bond acceptors (Lipinski definition) is 5. The third kappa shape index (κ3) is 5.86. The molecule has 0 heterocycles. The lowest BCUT2D eigenvalue weighted by molar-refractivity contribution is -0.118. The van der Waals surface area contributed by atoms with Gasteiger partial charge in [-0.05, 0) is 29.8 Å². The van der Waals surface area contributed by atoms with E-state index in [9.17, 15) is 4.79 Å². The highest BCUT2D eigenvalue weighted by Crippen LogP contribution is 2.39. The Hall–Kier alpha value is -1.76. The molecule has 0 unspecified atom stereocenters. The molecule has 0 aliphatic heterocycles. The molecular formula is C19H21Cl2NO4S. The first-order chi connectivity index (χ1) is 13.0. The van der Waals surface area contributed by atoms with Gasteiger partial charge in [0.2, 0.25) is 11.7 Å². The minimum absolute atomic E-state index is 0.0723. The molecule has 2 aromatic carbocycles. The molecule has 0 aromatic heterocycles. The number of nitrogens with one attached hydrogen (secondary N) is 1. The van der Waals surface area contributed by atoms with Gasteiger partial charge in [-0.1, -0.05) is 29.3 Å². The minimum Gasteiger partial charge on any atom is -0.493 e. The van der Waals surface area contributed by atoms with E-state index in [0.29, 0.717) is 45.3 Å². The molecule has 2 aromatic rings. The second-order valence-electron chi connectivity index (χ2n) is 5.51. The van der Waals surface area contributed by atoms with E-state index in [0.717, 1.165) is 11.1 Å². The Morgan fingerprint density at radius 2 is 1.74 bits per heavy atom. The van der Waals surface area contributed by atoms with Crippen molar-refractivity contribution in [2.24, 2.45) is 0 Å². The van der Waals surface area contributed by atoms with Crippen molar-refractivity contribution in [3.8, 4) is 17.2 Å². The summed E-state index contributed by atoms with van der Waals surface area (Å²) in [4.78, 5) is 12.1. The second-order valence-corrected chi connectivity index (χ2v) is 7.31. The van der Waals surface area contributed by atoms with E-state index >= 15 is 0 Å². The van der Waals surface area contributed by atoms with Gasteiger partial charge in [-0.3, -0.25) is 4.79 Å². The van der Waals surface area contributed by atoms with Crippen LogP contribution >= 0.6 is 35.0 Å². The van der Waals surface area contributed by atoms with Crippen molar-refractivity contribution in [2.45, 2.75) is 12.3 Å². The summed E-state index contributed by atoms with van der Waals surface area (Å²) in [6.07, 6.45) is 0. The normalized spacial score (nSPS) is 10.4. The molecule has 0 radical (unpaired) electrons. The van der Waals surface area contributed by atoms with E-state index in [1.807, 2.05) is 18.2 Å². The Morgan fingerprint density at radius 3 is 2.37 bits per heavy atom. The van der Waals surface area contributed by atoms with Crippen molar-refractivity contribution >= 4 is 40.9 Å². The molecule has 0 fully saturated rings. The average Bonchev–Trinajstić information content (AvgIpc) is 2.68. The Balaban J connectivity index is 1.89. The van der Waals surface area contributed by atoms with Gasteiger partial charge in [0, 0.05) is 17.9 Å². The Kier molecular flexibility index (Phi) is 8.41. The van der Waals surface area contributed by atoms with Crippen LogP contribution in [0.5, 0.6) is 17.2 Å². The zero-order valence-corrected chi connectivity index (χ0v) is 17.6. The Morgan fingerprint density at radius 1 is 1.00 bits per heavy atom. The van der Waals surface area contributed by atoms with Crippen LogP contribution in [-0.2, 0) is 17.1 Å². The maximum Gasteiger partial charge on any atom is 0.230 e. The van der Waals surface area contributed by atoms with Crippen LogP contribution < -0.4 is 19.5 Å². The fourth-order valence-corrected chi connectivity index (χ4v) is 3.56. The topological polar surface area (TPSA) is 56.8 Å². The summed E-state index contributed by atoms with van der Waals surface area (Å²) >= 11 is 13.4. The van der Waals surface area contributed by atoms with Crippen molar-refractivity contribution in [3.05, 3.63) is 51.5 Å². The highest BCUT2D eigenvalue weighted by molar-refractivity contribution is 7.99. The Labute approximate surface area is 173 Å². The lowest BCUT2D eigenvalue weighted by Gasteiger charge is -2.16. The maximum atomic E-state index is 12.1. The van der Waals surface area contributed by atoms with Gasteiger partial charge in [0.25, 0.3) is 0 Å². The SMILES string of the molecule is COc1ccc(CNC(=O)CSCc2ccc(Cl)c(Cl)c2)c(OC)c1OC. The van der Waals surface area contributed by atoms with Crippen molar-refractivity contribution in [1.82, 2.24) is 5.32 Å². The summed E-state index contributed by atoms with van der Waals surface area (Å²) in [5.74, 6) is 2.54. The third-order valence-electron chi connectivity index (χ3n) is 3.75. The molecule has 0 aliphatic rings. The van der Waals surface area contributed by atoms with Crippen LogP contribution in [0.15, 0.2) is 30.3 Å². The summed E-state index contributed by atoms with van der Waals surface area (Å²) in [6.45, 7) is 0.329. The van der Waals surface area contributed by atoms with Gasteiger partial charge in [-0.15, -0.1) is 11.8 Å². The van der Waals surface area contributed by atoms with Gasteiger partial charge in [0.15, 0.2) is 11.5 Å². The van der Waals surface area contributed by atoms with Crippen LogP contribution in [0.25, 0.3) is 0 Å². The quantitative estimate of drug-likeness (QED) is 0.632. The van der Waals surface area contributed by atoms with Crippen molar-refractivity contribution in [1.29, 1.82) is 0 Å². The number of thioether (sulfide) groups is 1. The van der Waals surface area contributed by atoms with Gasteiger partial charge < -0.3 is 19.5 Å². The number of methoxy groups -OCH3 is 3. The average molecular weight is 430 g/mol. The molecule has 1 amide bonds. The highest BCUT2D eigenvalue weighted by atomic mass is 35.5. The van der Waals surface area contributed by atoms with Crippen LogP contribution in [-0.4, -0.2) is 33.0 Å². The summed E-state index contributed by atoms with van der Waals surface area (Å²) in [5, 5.41) is 3.92. The number of carbonyl (C=O) groups is 1. The molecular weight excluding hydrogens is 409 g/mol. The second kappa shape index (κ2) is 10.5. The van der Waals surface area contributed by atoms with Crippen LogP contribution in [0.4, 0.5) is 0 Å². The molecule has 0 aliphatic carbocycles. The molecule has 27 heavy (non-hydrogen) atoms. The maximum absolute atomic E-state index is 12.1. The summed E-state index contributed by atoms with van der Waals surface area (Å²) < 4.78 is 16.0. The van der Waals surface area contributed by atoms with E-state index in [4.69, 9.17) is 37.4 Å². The minimum atomic E-state index is -0.0723. The monoisotopic (exact) mass is 429 g/mol. The largest absolute Gasteiger partial charge is 0.493 e. The first kappa shape index (κ1) is 21.5. The molecule has 0 atom stereocenters. The van der Waals surface area contributed by atoms with Gasteiger partial charge in [-0.25, -0.2) is 0 Å². The zero-order valence-electron chi connectivity index (χ0n) is 15.3. The zero-order chi connectivity index (χ0) is 19.8. The number of ether oxygens (including phenoxy) is 3. The first-order valence-corrected chi connectivity index (χ1v) is 9.97. The van der Waals surface area contributed by atoms with Crippen LogP contribution in [0.3, 0.4) is 0 Å². The van der Waals surface area contributed by atoms with Gasteiger partial charge in [0.1, 0.15) is 0 Å². The summed E-state index contributed by atoms with van der Waals surface area (Å²) in [7, 11) is 4.65. The molecule has 2 rings (SSSR count). The molecule has 8 heteroatoms.